The number of nitrogens with two attached hydrogens (primary N) is 1. The summed E-state index contributed by atoms with van der Waals surface area (Å²) in [6, 6.07) is 8.19. The first kappa shape index (κ1) is 26.9. The molecule has 0 saturated heterocycles. The lowest BCUT2D eigenvalue weighted by molar-refractivity contribution is -0.274. The second-order valence-corrected chi connectivity index (χ2v) is 7.78. The summed E-state index contributed by atoms with van der Waals surface area (Å²) in [5.41, 5.74) is -4.81. The van der Waals surface area contributed by atoms with E-state index >= 15 is 8.78 Å². The van der Waals surface area contributed by atoms with E-state index in [1.54, 1.807) is 0 Å². The predicted molar refractivity (Wildman–Crippen MR) is 115 cm³/mol. The molecule has 0 spiro atoms. The maximum Gasteiger partial charge on any atom is 0.573 e. The molecule has 36 heavy (non-hydrogen) atoms. The van der Waals surface area contributed by atoms with Crippen molar-refractivity contribution in [2.45, 2.75) is 24.8 Å². The summed E-state index contributed by atoms with van der Waals surface area (Å²) in [6.07, 6.45) is -3.90. The van der Waals surface area contributed by atoms with Crippen molar-refractivity contribution in [1.29, 1.82) is 5.41 Å². The van der Waals surface area contributed by atoms with E-state index in [-0.39, 0.29) is 5.56 Å². The maximum atomic E-state index is 15.7. The Morgan fingerprint density at radius 3 is 2.11 bits per heavy atom. The van der Waals surface area contributed by atoms with Crippen molar-refractivity contribution in [3.63, 3.8) is 0 Å². The van der Waals surface area contributed by atoms with Crippen molar-refractivity contribution in [3.05, 3.63) is 83.7 Å². The highest BCUT2D eigenvalue weighted by molar-refractivity contribution is 5.75. The predicted octanol–water partition coefficient (Wildman–Crippen LogP) is 5.08. The van der Waals surface area contributed by atoms with Crippen LogP contribution in [-0.4, -0.2) is 33.8 Å². The number of hydrazine groups is 1. The quantitative estimate of drug-likeness (QED) is 0.134. The van der Waals surface area contributed by atoms with Crippen molar-refractivity contribution >= 4 is 5.84 Å². The zero-order valence-electron chi connectivity index (χ0n) is 18.5. The number of amidine groups is 1. The molecule has 0 aliphatic heterocycles. The lowest BCUT2D eigenvalue weighted by Crippen LogP contribution is -2.55. The minimum atomic E-state index is -4.88. The minimum Gasteiger partial charge on any atom is -0.406 e. The van der Waals surface area contributed by atoms with Crippen LogP contribution in [0.2, 0.25) is 0 Å². The lowest BCUT2D eigenvalue weighted by Gasteiger charge is -2.38. The van der Waals surface area contributed by atoms with E-state index in [0.717, 1.165) is 31.3 Å². The molecule has 1 unspecified atom stereocenters. The van der Waals surface area contributed by atoms with Crippen molar-refractivity contribution in [3.8, 4) is 16.9 Å². The van der Waals surface area contributed by atoms with Crippen molar-refractivity contribution < 1.29 is 40.6 Å². The fraction of sp³-hybridized carbons (Fsp3) is 0.217. The SMILES string of the molecule is CC(=N)N(N)CC(O)(c1ccc(F)cc1F)C(F)(F)c1ccc(-c2ccc(OC(F)(F)F)cc2)cn1. The summed E-state index contributed by atoms with van der Waals surface area (Å²) in [5, 5.41) is 19.1. The van der Waals surface area contributed by atoms with Gasteiger partial charge in [-0.05, 0) is 42.8 Å². The van der Waals surface area contributed by atoms with Crippen molar-refractivity contribution in [2.75, 3.05) is 6.54 Å². The average Bonchev–Trinajstić information content (AvgIpc) is 2.78. The normalized spacial score (nSPS) is 13.7. The van der Waals surface area contributed by atoms with Crippen LogP contribution < -0.4 is 10.6 Å². The Hall–Kier alpha value is -3.71. The fourth-order valence-corrected chi connectivity index (χ4v) is 3.35. The van der Waals surface area contributed by atoms with Crippen LogP contribution in [0.15, 0.2) is 60.8 Å². The van der Waals surface area contributed by atoms with E-state index in [0.29, 0.717) is 28.8 Å². The van der Waals surface area contributed by atoms with E-state index < -0.39 is 58.9 Å². The molecule has 3 aromatic rings. The number of benzene rings is 2. The van der Waals surface area contributed by atoms with Gasteiger partial charge in [0.1, 0.15) is 28.9 Å². The zero-order chi connectivity index (χ0) is 26.9. The first-order chi connectivity index (χ1) is 16.6. The van der Waals surface area contributed by atoms with Crippen LogP contribution in [0.3, 0.4) is 0 Å². The molecule has 0 saturated carbocycles. The topological polar surface area (TPSA) is 95.5 Å². The number of nitrogens with one attached hydrogen (secondary N) is 1. The third-order valence-corrected chi connectivity index (χ3v) is 5.23. The number of aromatic nitrogens is 1. The number of halogens is 7. The number of hydrogen-bond acceptors (Lipinski definition) is 5. The Labute approximate surface area is 200 Å². The van der Waals surface area contributed by atoms with E-state index in [9.17, 15) is 27.1 Å². The highest BCUT2D eigenvalue weighted by Crippen LogP contribution is 2.46. The zero-order valence-corrected chi connectivity index (χ0v) is 18.5. The first-order valence-corrected chi connectivity index (χ1v) is 10.1. The van der Waals surface area contributed by atoms with Gasteiger partial charge in [-0.15, -0.1) is 13.2 Å². The Balaban J connectivity index is 1.99. The second-order valence-electron chi connectivity index (χ2n) is 7.78. The molecular weight excluding hydrogens is 497 g/mol. The first-order valence-electron chi connectivity index (χ1n) is 10.1. The summed E-state index contributed by atoms with van der Waals surface area (Å²) in [4.78, 5) is 3.67. The Morgan fingerprint density at radius 1 is 1.00 bits per heavy atom. The number of nitrogens with zero attached hydrogens (tertiary/aromatic N) is 2. The molecule has 0 radical (unpaired) electrons. The molecular formula is C23H19F7N4O2. The Kier molecular flexibility index (Phi) is 7.27. The largest absolute Gasteiger partial charge is 0.573 e. The van der Waals surface area contributed by atoms with Crippen LogP contribution >= 0.6 is 0 Å². The summed E-state index contributed by atoms with van der Waals surface area (Å²) >= 11 is 0. The third kappa shape index (κ3) is 5.57. The van der Waals surface area contributed by atoms with E-state index in [1.807, 2.05) is 0 Å². The van der Waals surface area contributed by atoms with E-state index in [1.165, 1.54) is 18.2 Å². The summed E-state index contributed by atoms with van der Waals surface area (Å²) in [7, 11) is 0. The van der Waals surface area contributed by atoms with Crippen LogP contribution in [0.25, 0.3) is 11.1 Å². The molecule has 0 aliphatic rings. The van der Waals surface area contributed by atoms with Crippen LogP contribution in [0.4, 0.5) is 30.7 Å². The lowest BCUT2D eigenvalue weighted by atomic mass is 9.84. The van der Waals surface area contributed by atoms with Gasteiger partial charge in [-0.25, -0.2) is 14.6 Å². The van der Waals surface area contributed by atoms with Crippen molar-refractivity contribution in [1.82, 2.24) is 9.99 Å². The van der Waals surface area contributed by atoms with Gasteiger partial charge in [0.05, 0.1) is 6.54 Å². The smallest absolute Gasteiger partial charge is 0.406 e. The monoisotopic (exact) mass is 516 g/mol. The molecule has 1 heterocycles. The number of aliphatic hydroxyl groups is 1. The number of pyridine rings is 1. The van der Waals surface area contributed by atoms with E-state index in [2.05, 4.69) is 9.72 Å². The molecule has 0 bridgehead atoms. The number of ether oxygens (including phenoxy) is 1. The molecule has 13 heteroatoms. The van der Waals surface area contributed by atoms with Gasteiger partial charge in [-0.3, -0.25) is 15.4 Å². The molecule has 3 rings (SSSR count). The van der Waals surface area contributed by atoms with Crippen LogP contribution in [0.1, 0.15) is 18.2 Å². The summed E-state index contributed by atoms with van der Waals surface area (Å²) in [5.74, 6) is -2.18. The number of rotatable bonds is 7. The molecule has 192 valence electrons. The Bertz CT molecular complexity index is 1230. The molecule has 0 aliphatic carbocycles. The van der Waals surface area contributed by atoms with Gasteiger partial charge in [0.2, 0.25) is 0 Å². The van der Waals surface area contributed by atoms with Gasteiger partial charge in [0.15, 0.2) is 5.60 Å². The van der Waals surface area contributed by atoms with Crippen LogP contribution in [0, 0.1) is 17.0 Å². The van der Waals surface area contributed by atoms with Crippen LogP contribution in [-0.2, 0) is 11.5 Å². The standard InChI is InChI=1S/C23H19F7N4O2/c1-13(31)34(32)12-21(35,18-8-5-16(24)10-19(18)25)22(26,27)20-9-4-15(11-33-20)14-2-6-17(7-3-14)36-23(28,29)30/h2-11,31,35H,12,32H2,1H3. The van der Waals surface area contributed by atoms with Gasteiger partial charge in [-0.1, -0.05) is 18.2 Å². The molecule has 6 nitrogen and oxygen atoms in total. The van der Waals surface area contributed by atoms with Gasteiger partial charge in [0.25, 0.3) is 0 Å². The van der Waals surface area contributed by atoms with Crippen molar-refractivity contribution in [2.24, 2.45) is 5.84 Å². The maximum absolute atomic E-state index is 15.7. The number of alkyl halides is 5. The molecule has 0 amide bonds. The average molecular weight is 516 g/mol. The fourth-order valence-electron chi connectivity index (χ4n) is 3.35. The molecule has 1 atom stereocenters. The highest BCUT2D eigenvalue weighted by atomic mass is 19.4. The van der Waals surface area contributed by atoms with Crippen LogP contribution in [0.5, 0.6) is 5.75 Å². The highest BCUT2D eigenvalue weighted by Gasteiger charge is 2.58. The summed E-state index contributed by atoms with van der Waals surface area (Å²) < 4.78 is 100. The summed E-state index contributed by atoms with van der Waals surface area (Å²) in [6.45, 7) is -0.000362. The molecule has 1 aromatic heterocycles. The van der Waals surface area contributed by atoms with E-state index in [4.69, 9.17) is 11.3 Å². The molecule has 0 fully saturated rings. The van der Waals surface area contributed by atoms with Gasteiger partial charge < -0.3 is 9.84 Å². The molecule has 4 N–H and O–H groups in total. The molecule has 2 aromatic carbocycles. The van der Waals surface area contributed by atoms with Gasteiger partial charge in [0, 0.05) is 23.4 Å². The van der Waals surface area contributed by atoms with Gasteiger partial charge >= 0.3 is 12.3 Å². The number of hydrogen-bond donors (Lipinski definition) is 3. The second kappa shape index (κ2) is 9.74. The minimum absolute atomic E-state index is 0.236. The Morgan fingerprint density at radius 2 is 1.61 bits per heavy atom. The third-order valence-electron chi connectivity index (χ3n) is 5.23. The van der Waals surface area contributed by atoms with Gasteiger partial charge in [-0.2, -0.15) is 8.78 Å².